The Hall–Kier alpha value is -3.61. The Morgan fingerprint density at radius 2 is 1.67 bits per heavy atom. The van der Waals surface area contributed by atoms with Crippen LogP contribution >= 0.6 is 23.2 Å². The summed E-state index contributed by atoms with van der Waals surface area (Å²) in [6.07, 6.45) is 0. The minimum Gasteiger partial charge on any atom is -0.497 e. The number of carbonyl (C=O) groups excluding carboxylic acids is 1. The number of carbonyl (C=O) groups is 1. The van der Waals surface area contributed by atoms with Crippen molar-refractivity contribution in [1.82, 2.24) is 9.78 Å². The molecule has 4 rings (SSSR count). The number of nitrogens with zero attached hydrogens (tertiary/aromatic N) is 2. The second kappa shape index (κ2) is 9.48. The van der Waals surface area contributed by atoms with E-state index in [9.17, 15) is 9.59 Å². The van der Waals surface area contributed by atoms with Crippen molar-refractivity contribution >= 4 is 34.9 Å². The highest BCUT2D eigenvalue weighted by molar-refractivity contribution is 6.31. The molecule has 1 aromatic heterocycles. The minimum atomic E-state index is -0.409. The first kappa shape index (κ1) is 22.6. The third kappa shape index (κ3) is 4.77. The molecule has 3 aromatic carbocycles. The summed E-state index contributed by atoms with van der Waals surface area (Å²) in [5, 5.41) is 8.35. The first-order valence-electron chi connectivity index (χ1n) is 9.98. The van der Waals surface area contributed by atoms with Gasteiger partial charge in [-0.15, -0.1) is 0 Å². The van der Waals surface area contributed by atoms with Crippen LogP contribution < -0.4 is 15.5 Å². The number of methoxy groups -OCH3 is 1. The second-order valence-corrected chi connectivity index (χ2v) is 8.09. The van der Waals surface area contributed by atoms with Crippen LogP contribution in [0.15, 0.2) is 77.6 Å². The van der Waals surface area contributed by atoms with Gasteiger partial charge in [-0.2, -0.15) is 5.10 Å². The standard InChI is InChI=1S/C25H19Cl2N3O3/c1-15-23(31)22(16-6-10-18(26)11-7-16)24(30(29-15)20-5-3-4-19(27)14-20)28-25(32)17-8-12-21(33-2)13-9-17/h3-14H,1-2H3,(H,28,32). The molecule has 0 saturated heterocycles. The van der Waals surface area contributed by atoms with Crippen molar-refractivity contribution < 1.29 is 9.53 Å². The Kier molecular flexibility index (Phi) is 6.49. The van der Waals surface area contributed by atoms with Crippen molar-refractivity contribution in [2.45, 2.75) is 6.92 Å². The van der Waals surface area contributed by atoms with Gasteiger partial charge in [0.05, 0.1) is 18.4 Å². The predicted octanol–water partition coefficient (Wildman–Crippen LogP) is 5.78. The minimum absolute atomic E-state index is 0.219. The Balaban J connectivity index is 1.92. The van der Waals surface area contributed by atoms with E-state index in [0.29, 0.717) is 38.2 Å². The van der Waals surface area contributed by atoms with Gasteiger partial charge in [0.2, 0.25) is 5.43 Å². The number of aromatic nitrogens is 2. The number of benzene rings is 3. The molecule has 166 valence electrons. The first-order chi connectivity index (χ1) is 15.9. The van der Waals surface area contributed by atoms with Gasteiger partial charge in [0.25, 0.3) is 5.91 Å². The average molecular weight is 480 g/mol. The number of hydrogen-bond donors (Lipinski definition) is 1. The van der Waals surface area contributed by atoms with E-state index in [0.717, 1.165) is 0 Å². The zero-order chi connectivity index (χ0) is 23.5. The maximum Gasteiger partial charge on any atom is 0.256 e. The molecule has 33 heavy (non-hydrogen) atoms. The largest absolute Gasteiger partial charge is 0.497 e. The maximum atomic E-state index is 13.2. The van der Waals surface area contributed by atoms with Gasteiger partial charge in [0.1, 0.15) is 17.3 Å². The van der Waals surface area contributed by atoms with Crippen LogP contribution in [0, 0.1) is 6.92 Å². The lowest BCUT2D eigenvalue weighted by atomic mass is 10.0. The fraction of sp³-hybridized carbons (Fsp3) is 0.0800. The van der Waals surface area contributed by atoms with Gasteiger partial charge >= 0.3 is 0 Å². The van der Waals surface area contributed by atoms with Crippen LogP contribution in [0.4, 0.5) is 5.82 Å². The molecule has 0 bridgehead atoms. The van der Waals surface area contributed by atoms with Gasteiger partial charge in [0.15, 0.2) is 0 Å². The summed E-state index contributed by atoms with van der Waals surface area (Å²) >= 11 is 12.3. The summed E-state index contributed by atoms with van der Waals surface area (Å²) in [4.78, 5) is 26.4. The molecule has 0 saturated carbocycles. The molecule has 0 radical (unpaired) electrons. The van der Waals surface area contributed by atoms with E-state index in [-0.39, 0.29) is 16.9 Å². The first-order valence-corrected chi connectivity index (χ1v) is 10.7. The van der Waals surface area contributed by atoms with Gasteiger partial charge < -0.3 is 10.1 Å². The Labute approximate surface area is 200 Å². The van der Waals surface area contributed by atoms with Crippen LogP contribution in [-0.2, 0) is 0 Å². The molecule has 0 spiro atoms. The van der Waals surface area contributed by atoms with Crippen molar-refractivity contribution in [3.8, 4) is 22.6 Å². The summed E-state index contributed by atoms with van der Waals surface area (Å²) in [5.41, 5.74) is 1.83. The van der Waals surface area contributed by atoms with Gasteiger partial charge in [-0.3, -0.25) is 9.59 Å². The molecule has 0 fully saturated rings. The van der Waals surface area contributed by atoms with E-state index in [4.69, 9.17) is 27.9 Å². The van der Waals surface area contributed by atoms with Crippen molar-refractivity contribution in [3.05, 3.63) is 104 Å². The highest BCUT2D eigenvalue weighted by atomic mass is 35.5. The van der Waals surface area contributed by atoms with Crippen molar-refractivity contribution in [1.29, 1.82) is 0 Å². The van der Waals surface area contributed by atoms with Gasteiger partial charge in [-0.1, -0.05) is 41.4 Å². The molecule has 1 heterocycles. The second-order valence-electron chi connectivity index (χ2n) is 7.22. The fourth-order valence-electron chi connectivity index (χ4n) is 3.36. The normalized spacial score (nSPS) is 10.7. The molecule has 8 heteroatoms. The third-order valence-electron chi connectivity index (χ3n) is 5.02. The van der Waals surface area contributed by atoms with Crippen LogP contribution in [0.5, 0.6) is 5.75 Å². The molecule has 0 aliphatic rings. The van der Waals surface area contributed by atoms with E-state index in [1.54, 1.807) is 86.8 Å². The number of anilines is 1. The number of rotatable bonds is 5. The Morgan fingerprint density at radius 1 is 0.970 bits per heavy atom. The van der Waals surface area contributed by atoms with E-state index < -0.39 is 5.91 Å². The fourth-order valence-corrected chi connectivity index (χ4v) is 3.67. The van der Waals surface area contributed by atoms with Crippen LogP contribution in [0.2, 0.25) is 10.0 Å². The number of nitrogens with one attached hydrogen (secondary N) is 1. The molecular formula is C25H19Cl2N3O3. The molecule has 1 N–H and O–H groups in total. The smallest absolute Gasteiger partial charge is 0.256 e. The van der Waals surface area contributed by atoms with Gasteiger partial charge in [-0.25, -0.2) is 4.68 Å². The molecule has 0 atom stereocenters. The van der Waals surface area contributed by atoms with Crippen LogP contribution in [0.1, 0.15) is 16.1 Å². The highest BCUT2D eigenvalue weighted by Gasteiger charge is 2.21. The molecule has 0 aliphatic heterocycles. The lowest BCUT2D eigenvalue weighted by Gasteiger charge is -2.18. The number of hydrogen-bond acceptors (Lipinski definition) is 4. The predicted molar refractivity (Wildman–Crippen MR) is 131 cm³/mol. The van der Waals surface area contributed by atoms with Crippen molar-refractivity contribution in [3.63, 3.8) is 0 Å². The molecule has 1 amide bonds. The average Bonchev–Trinajstić information content (AvgIpc) is 2.82. The van der Waals surface area contributed by atoms with Crippen LogP contribution in [0.25, 0.3) is 16.8 Å². The Bertz CT molecular complexity index is 1380. The molecular weight excluding hydrogens is 461 g/mol. The van der Waals surface area contributed by atoms with Crippen LogP contribution in [0.3, 0.4) is 0 Å². The summed E-state index contributed by atoms with van der Waals surface area (Å²) in [7, 11) is 1.55. The van der Waals surface area contributed by atoms with E-state index in [2.05, 4.69) is 10.4 Å². The van der Waals surface area contributed by atoms with E-state index in [1.807, 2.05) is 0 Å². The highest BCUT2D eigenvalue weighted by Crippen LogP contribution is 2.29. The van der Waals surface area contributed by atoms with Crippen molar-refractivity contribution in [2.75, 3.05) is 12.4 Å². The van der Waals surface area contributed by atoms with Crippen LogP contribution in [-0.4, -0.2) is 22.8 Å². The number of ether oxygens (including phenoxy) is 1. The summed E-state index contributed by atoms with van der Waals surface area (Å²) in [6, 6.07) is 20.5. The molecule has 6 nitrogen and oxygen atoms in total. The Morgan fingerprint density at radius 3 is 2.30 bits per heavy atom. The van der Waals surface area contributed by atoms with Gasteiger partial charge in [0, 0.05) is 15.6 Å². The zero-order valence-corrected chi connectivity index (χ0v) is 19.3. The molecule has 0 aliphatic carbocycles. The van der Waals surface area contributed by atoms with E-state index >= 15 is 0 Å². The molecule has 4 aromatic rings. The number of halogens is 2. The maximum absolute atomic E-state index is 13.2. The third-order valence-corrected chi connectivity index (χ3v) is 5.51. The topological polar surface area (TPSA) is 73.2 Å². The summed E-state index contributed by atoms with van der Waals surface area (Å²) in [6.45, 7) is 1.62. The SMILES string of the molecule is COc1ccc(C(=O)Nc2c(-c3ccc(Cl)cc3)c(=O)c(C)nn2-c2cccc(Cl)c2)cc1. The van der Waals surface area contributed by atoms with Gasteiger partial charge in [-0.05, 0) is 67.1 Å². The summed E-state index contributed by atoms with van der Waals surface area (Å²) in [5.74, 6) is 0.436. The lowest BCUT2D eigenvalue weighted by Crippen LogP contribution is -2.25. The zero-order valence-electron chi connectivity index (χ0n) is 17.8. The monoisotopic (exact) mass is 479 g/mol. The number of amides is 1. The summed E-state index contributed by atoms with van der Waals surface area (Å²) < 4.78 is 6.67. The van der Waals surface area contributed by atoms with E-state index in [1.165, 1.54) is 4.68 Å². The quantitative estimate of drug-likeness (QED) is 0.393. The van der Waals surface area contributed by atoms with Crippen molar-refractivity contribution in [2.24, 2.45) is 0 Å². The lowest BCUT2D eigenvalue weighted by molar-refractivity contribution is 0.102. The number of aryl methyl sites for hydroxylation is 1. The molecule has 0 unspecified atom stereocenters.